The first-order valence-corrected chi connectivity index (χ1v) is 9.04. The van der Waals surface area contributed by atoms with E-state index in [1.54, 1.807) is 6.92 Å². The quantitative estimate of drug-likeness (QED) is 0.714. The molecule has 2 amide bonds. The van der Waals surface area contributed by atoms with Crippen LogP contribution in [0.1, 0.15) is 18.9 Å². The molecule has 0 unspecified atom stereocenters. The van der Waals surface area contributed by atoms with Crippen molar-refractivity contribution in [3.05, 3.63) is 35.9 Å². The van der Waals surface area contributed by atoms with Gasteiger partial charge in [-0.15, -0.1) is 11.8 Å². The summed E-state index contributed by atoms with van der Waals surface area (Å²) in [4.78, 5) is 35.6. The number of hydrogen-bond donors (Lipinski definition) is 2. The van der Waals surface area contributed by atoms with Crippen molar-refractivity contribution in [1.82, 2.24) is 10.6 Å². The van der Waals surface area contributed by atoms with Gasteiger partial charge in [-0.1, -0.05) is 30.3 Å². The average Bonchev–Trinajstić information content (AvgIpc) is 2.58. The lowest BCUT2D eigenvalue weighted by molar-refractivity contribution is -0.146. The van der Waals surface area contributed by atoms with E-state index in [0.717, 1.165) is 12.0 Å². The van der Waals surface area contributed by atoms with Crippen LogP contribution in [-0.4, -0.2) is 48.0 Å². The molecule has 130 valence electrons. The first-order chi connectivity index (χ1) is 11.6. The fraction of sp³-hybridized carbons (Fsp3) is 0.471. The summed E-state index contributed by atoms with van der Waals surface area (Å²) in [5.74, 6) is -0.452. The Morgan fingerprint density at radius 2 is 2.08 bits per heavy atom. The largest absolute Gasteiger partial charge is 0.464 e. The molecule has 0 saturated carbocycles. The number of thioether (sulfide) groups is 1. The number of rotatable bonds is 7. The van der Waals surface area contributed by atoms with Crippen LogP contribution in [-0.2, 0) is 25.5 Å². The van der Waals surface area contributed by atoms with Crippen LogP contribution in [0.3, 0.4) is 0 Å². The van der Waals surface area contributed by atoms with Gasteiger partial charge in [-0.25, -0.2) is 4.79 Å². The van der Waals surface area contributed by atoms with Crippen LogP contribution in [0.5, 0.6) is 0 Å². The molecule has 1 heterocycles. The van der Waals surface area contributed by atoms with Crippen LogP contribution in [0.25, 0.3) is 0 Å². The molecule has 1 aliphatic heterocycles. The molecule has 1 fully saturated rings. The molecular weight excluding hydrogens is 328 g/mol. The summed E-state index contributed by atoms with van der Waals surface area (Å²) in [6.07, 6.45) is 0.863. The van der Waals surface area contributed by atoms with Gasteiger partial charge in [-0.3, -0.25) is 9.59 Å². The number of nitrogens with one attached hydrogen (secondary N) is 2. The van der Waals surface area contributed by atoms with E-state index < -0.39 is 17.3 Å². The summed E-state index contributed by atoms with van der Waals surface area (Å²) in [6.45, 7) is 2.54. The highest BCUT2D eigenvalue weighted by Gasteiger charge is 2.34. The Kier molecular flexibility index (Phi) is 7.11. The summed E-state index contributed by atoms with van der Waals surface area (Å²) >= 11 is 1.32. The lowest BCUT2D eigenvalue weighted by Crippen LogP contribution is -2.52. The normalized spacial score (nSPS) is 20.1. The highest BCUT2D eigenvalue weighted by Crippen LogP contribution is 2.21. The van der Waals surface area contributed by atoms with Gasteiger partial charge in [-0.05, 0) is 18.9 Å². The minimum Gasteiger partial charge on any atom is -0.464 e. The number of benzene rings is 1. The van der Waals surface area contributed by atoms with Crippen molar-refractivity contribution in [3.8, 4) is 0 Å². The SMILES string of the molecule is CCOC(=O)[C@@H]1CS[C@@H](CC(=O)NCCc2ccccc2)C(=O)N1. The fourth-order valence-electron chi connectivity index (χ4n) is 2.35. The smallest absolute Gasteiger partial charge is 0.329 e. The Bertz CT molecular complexity index is 579. The highest BCUT2D eigenvalue weighted by atomic mass is 32.2. The van der Waals surface area contributed by atoms with Crippen molar-refractivity contribution in [2.24, 2.45) is 0 Å². The number of carbonyl (C=O) groups is 3. The summed E-state index contributed by atoms with van der Waals surface area (Å²) in [5, 5.41) is 4.99. The van der Waals surface area contributed by atoms with Gasteiger partial charge >= 0.3 is 5.97 Å². The highest BCUT2D eigenvalue weighted by molar-refractivity contribution is 8.00. The number of carbonyl (C=O) groups excluding carboxylic acids is 3. The topological polar surface area (TPSA) is 84.5 Å². The Morgan fingerprint density at radius 1 is 1.33 bits per heavy atom. The van der Waals surface area contributed by atoms with E-state index in [-0.39, 0.29) is 24.8 Å². The van der Waals surface area contributed by atoms with E-state index >= 15 is 0 Å². The second kappa shape index (κ2) is 9.32. The molecule has 1 aromatic rings. The molecule has 2 atom stereocenters. The monoisotopic (exact) mass is 350 g/mol. The van der Waals surface area contributed by atoms with Crippen LogP contribution in [0.2, 0.25) is 0 Å². The molecule has 0 aliphatic carbocycles. The third-order valence-electron chi connectivity index (χ3n) is 3.59. The van der Waals surface area contributed by atoms with Crippen LogP contribution in [0.15, 0.2) is 30.3 Å². The van der Waals surface area contributed by atoms with Gasteiger partial charge in [-0.2, -0.15) is 0 Å². The van der Waals surface area contributed by atoms with Gasteiger partial charge in [0.1, 0.15) is 6.04 Å². The third kappa shape index (κ3) is 5.56. The second-order valence-corrected chi connectivity index (χ2v) is 6.66. The maximum Gasteiger partial charge on any atom is 0.329 e. The molecule has 0 spiro atoms. The average molecular weight is 350 g/mol. The number of esters is 1. The fourth-order valence-corrected chi connectivity index (χ4v) is 3.48. The number of ether oxygens (including phenoxy) is 1. The predicted octanol–water partition coefficient (Wildman–Crippen LogP) is 0.899. The molecular formula is C17H22N2O4S. The Hall–Kier alpha value is -2.02. The Balaban J connectivity index is 1.70. The first kappa shape index (κ1) is 18.3. The van der Waals surface area contributed by atoms with Crippen molar-refractivity contribution in [1.29, 1.82) is 0 Å². The molecule has 0 bridgehead atoms. The third-order valence-corrected chi connectivity index (χ3v) is 4.90. The molecule has 1 aromatic carbocycles. The molecule has 6 nitrogen and oxygen atoms in total. The van der Waals surface area contributed by atoms with Gasteiger partial charge in [0.25, 0.3) is 0 Å². The molecule has 7 heteroatoms. The van der Waals surface area contributed by atoms with Gasteiger partial charge in [0.2, 0.25) is 11.8 Å². The maximum absolute atomic E-state index is 12.0. The molecule has 2 N–H and O–H groups in total. The van der Waals surface area contributed by atoms with E-state index in [1.807, 2.05) is 30.3 Å². The molecule has 0 radical (unpaired) electrons. The van der Waals surface area contributed by atoms with Crippen molar-refractivity contribution < 1.29 is 19.1 Å². The van der Waals surface area contributed by atoms with Crippen LogP contribution in [0.4, 0.5) is 0 Å². The standard InChI is InChI=1S/C17H22N2O4S/c1-2-23-17(22)13-11-24-14(16(21)19-13)10-15(20)18-9-8-12-6-4-3-5-7-12/h3-7,13-14H,2,8-11H2,1H3,(H,18,20)(H,19,21)/t13-,14-/m0/s1. The van der Waals surface area contributed by atoms with Gasteiger partial charge in [0, 0.05) is 18.7 Å². The summed E-state index contributed by atoms with van der Waals surface area (Å²) in [6, 6.07) is 9.25. The van der Waals surface area contributed by atoms with Crippen LogP contribution in [0, 0.1) is 0 Å². The number of hydrogen-bond acceptors (Lipinski definition) is 5. The molecule has 1 saturated heterocycles. The number of amides is 2. The summed E-state index contributed by atoms with van der Waals surface area (Å²) in [7, 11) is 0. The van der Waals surface area contributed by atoms with E-state index in [9.17, 15) is 14.4 Å². The minimum atomic E-state index is -0.625. The molecule has 1 aliphatic rings. The van der Waals surface area contributed by atoms with Crippen LogP contribution < -0.4 is 10.6 Å². The Labute approximate surface area is 145 Å². The zero-order chi connectivity index (χ0) is 17.4. The van der Waals surface area contributed by atoms with Crippen molar-refractivity contribution in [2.45, 2.75) is 31.1 Å². The van der Waals surface area contributed by atoms with E-state index in [0.29, 0.717) is 12.3 Å². The van der Waals surface area contributed by atoms with Crippen LogP contribution >= 0.6 is 11.8 Å². The van der Waals surface area contributed by atoms with Gasteiger partial charge in [0.05, 0.1) is 11.9 Å². The zero-order valence-electron chi connectivity index (χ0n) is 13.6. The molecule has 2 rings (SSSR count). The zero-order valence-corrected chi connectivity index (χ0v) is 14.4. The Morgan fingerprint density at radius 3 is 2.75 bits per heavy atom. The molecule has 24 heavy (non-hydrogen) atoms. The molecule has 0 aromatic heterocycles. The minimum absolute atomic E-state index is 0.112. The predicted molar refractivity (Wildman–Crippen MR) is 92.6 cm³/mol. The maximum atomic E-state index is 12.0. The summed E-state index contributed by atoms with van der Waals surface area (Å²) in [5.41, 5.74) is 1.15. The van der Waals surface area contributed by atoms with Gasteiger partial charge < -0.3 is 15.4 Å². The second-order valence-electron chi connectivity index (χ2n) is 5.42. The van der Waals surface area contributed by atoms with E-state index in [4.69, 9.17) is 4.74 Å². The van der Waals surface area contributed by atoms with E-state index in [2.05, 4.69) is 10.6 Å². The summed E-state index contributed by atoms with van der Waals surface area (Å²) < 4.78 is 4.89. The van der Waals surface area contributed by atoms with Crippen molar-refractivity contribution >= 4 is 29.5 Å². The van der Waals surface area contributed by atoms with E-state index in [1.165, 1.54) is 11.8 Å². The van der Waals surface area contributed by atoms with Crippen molar-refractivity contribution in [3.63, 3.8) is 0 Å². The lowest BCUT2D eigenvalue weighted by Gasteiger charge is -2.27. The lowest BCUT2D eigenvalue weighted by atomic mass is 10.1. The van der Waals surface area contributed by atoms with Gasteiger partial charge in [0.15, 0.2) is 0 Å². The van der Waals surface area contributed by atoms with Crippen molar-refractivity contribution in [2.75, 3.05) is 18.9 Å². The first-order valence-electron chi connectivity index (χ1n) is 7.99.